The van der Waals surface area contributed by atoms with E-state index in [2.05, 4.69) is 46.3 Å². The molecule has 1 saturated carbocycles. The van der Waals surface area contributed by atoms with E-state index in [0.29, 0.717) is 11.8 Å². The van der Waals surface area contributed by atoms with Gasteiger partial charge in [-0.1, -0.05) is 19.1 Å². The molecule has 1 N–H and O–H groups in total. The Morgan fingerprint density at radius 3 is 2.55 bits per heavy atom. The van der Waals surface area contributed by atoms with E-state index in [1.165, 1.54) is 50.1 Å². The number of anilines is 1. The number of carbonyl (C=O) groups is 1. The lowest BCUT2D eigenvalue weighted by molar-refractivity contribution is -0.119. The van der Waals surface area contributed by atoms with Gasteiger partial charge < -0.3 is 10.2 Å². The van der Waals surface area contributed by atoms with Crippen LogP contribution in [0.1, 0.15) is 44.6 Å². The van der Waals surface area contributed by atoms with Crippen LogP contribution in [0.25, 0.3) is 0 Å². The van der Waals surface area contributed by atoms with Crippen LogP contribution in [0.15, 0.2) is 24.3 Å². The third-order valence-corrected chi connectivity index (χ3v) is 7.30. The molecule has 1 aliphatic carbocycles. The molecule has 1 aromatic carbocycles. The quantitative estimate of drug-likeness (QED) is 0.665. The maximum Gasteiger partial charge on any atom is 0.229 e. The molecule has 2 fully saturated rings. The number of nitrogens with zero attached hydrogens (tertiary/aromatic N) is 2. The van der Waals surface area contributed by atoms with Gasteiger partial charge in [0.05, 0.1) is 5.75 Å². The lowest BCUT2D eigenvalue weighted by Gasteiger charge is -2.37. The van der Waals surface area contributed by atoms with Crippen LogP contribution >= 0.6 is 10.3 Å². The van der Waals surface area contributed by atoms with Gasteiger partial charge in [0.15, 0.2) is 0 Å². The van der Waals surface area contributed by atoms with Crippen molar-refractivity contribution in [2.24, 2.45) is 5.92 Å². The Morgan fingerprint density at radius 2 is 1.90 bits per heavy atom. The summed E-state index contributed by atoms with van der Waals surface area (Å²) < 4.78 is 0. The lowest BCUT2D eigenvalue weighted by Crippen LogP contribution is -2.47. The molecular formula is C24H39N3OS. The summed E-state index contributed by atoms with van der Waals surface area (Å²) in [6.07, 6.45) is 9.11. The van der Waals surface area contributed by atoms with E-state index in [-0.39, 0.29) is 5.91 Å². The summed E-state index contributed by atoms with van der Waals surface area (Å²) in [5, 5.41) is 3.19. The summed E-state index contributed by atoms with van der Waals surface area (Å²) in [5.41, 5.74) is 8.59. The fourth-order valence-electron chi connectivity index (χ4n) is 4.66. The largest absolute Gasteiger partial charge is 0.369 e. The highest BCUT2D eigenvalue weighted by Gasteiger charge is 2.24. The predicted octanol–water partition coefficient (Wildman–Crippen LogP) is 3.66. The smallest absolute Gasteiger partial charge is 0.229 e. The molecule has 1 heterocycles. The zero-order valence-corrected chi connectivity index (χ0v) is 19.2. The van der Waals surface area contributed by atoms with Crippen molar-refractivity contribution in [1.29, 1.82) is 0 Å². The van der Waals surface area contributed by atoms with Crippen molar-refractivity contribution in [3.05, 3.63) is 29.8 Å². The van der Waals surface area contributed by atoms with Crippen LogP contribution in [0.5, 0.6) is 0 Å². The van der Waals surface area contributed by atoms with Crippen LogP contribution in [0, 0.1) is 11.6 Å². The van der Waals surface area contributed by atoms with Gasteiger partial charge in [-0.2, -0.15) is 10.3 Å². The number of piperazine rings is 1. The minimum Gasteiger partial charge on any atom is -0.369 e. The Balaban J connectivity index is 1.33. The van der Waals surface area contributed by atoms with Crippen LogP contribution < -0.4 is 10.2 Å². The standard InChI is InChI=1S/C24H39N3OS/c1-4-20-6-5-7-23(18-20)27-16-14-26(15-17-27)13-12-21-8-10-22(11-9-21)25-24(28)19-29(2)3/h2,5-7,18,21-22,29H,4,8-17,19H2,1,3H3,(H,25,28)/t21-,22-. The molecule has 5 heteroatoms. The third kappa shape index (κ3) is 7.09. The predicted molar refractivity (Wildman–Crippen MR) is 128 cm³/mol. The molecule has 0 aromatic heterocycles. The van der Waals surface area contributed by atoms with Crippen LogP contribution in [-0.2, 0) is 11.2 Å². The molecule has 162 valence electrons. The minimum absolute atomic E-state index is 0.145. The number of benzene rings is 1. The minimum atomic E-state index is -0.631. The van der Waals surface area contributed by atoms with E-state index in [9.17, 15) is 4.79 Å². The number of rotatable bonds is 7. The fourth-order valence-corrected chi connectivity index (χ4v) is 5.21. The number of hydrogen-bond donors (Lipinski definition) is 2. The highest BCUT2D eigenvalue weighted by molar-refractivity contribution is 8.06. The SMILES string of the molecule is C#[SH](C)CC(=O)N[C@H]1CC[C@H](CCN2CCN(c3cccc(CC)c3)CC2)CC1. The van der Waals surface area contributed by atoms with Crippen molar-refractivity contribution in [2.75, 3.05) is 49.6 Å². The summed E-state index contributed by atoms with van der Waals surface area (Å²) in [7, 11) is -0.631. The first-order valence-corrected chi connectivity index (χ1v) is 13.4. The number of nitrogens with one attached hydrogen (secondary N) is 1. The van der Waals surface area contributed by atoms with Crippen molar-refractivity contribution in [1.82, 2.24) is 10.2 Å². The molecule has 1 atom stereocenters. The fraction of sp³-hybridized carbons (Fsp3) is 0.667. The number of amides is 1. The normalized spacial score (nSPS) is 24.2. The Hall–Kier alpha value is -1.42. The zero-order valence-electron chi connectivity index (χ0n) is 18.3. The van der Waals surface area contributed by atoms with Gasteiger partial charge in [0, 0.05) is 37.9 Å². The second-order valence-electron chi connectivity index (χ2n) is 8.84. The average Bonchev–Trinajstić information content (AvgIpc) is 2.73. The van der Waals surface area contributed by atoms with Gasteiger partial charge in [0.25, 0.3) is 0 Å². The van der Waals surface area contributed by atoms with Gasteiger partial charge in [-0.05, 0) is 74.9 Å². The molecule has 4 nitrogen and oxygen atoms in total. The average molecular weight is 418 g/mol. The summed E-state index contributed by atoms with van der Waals surface area (Å²) in [4.78, 5) is 17.1. The van der Waals surface area contributed by atoms with Crippen molar-refractivity contribution in [3.8, 4) is 5.69 Å². The monoisotopic (exact) mass is 417 g/mol. The highest BCUT2D eigenvalue weighted by atomic mass is 32.2. The number of hydrogen-bond acceptors (Lipinski definition) is 3. The number of aryl methyl sites for hydroxylation is 1. The highest BCUT2D eigenvalue weighted by Crippen LogP contribution is 2.27. The molecule has 1 aliphatic heterocycles. The van der Waals surface area contributed by atoms with E-state index >= 15 is 0 Å². The van der Waals surface area contributed by atoms with Crippen molar-refractivity contribution < 1.29 is 4.79 Å². The van der Waals surface area contributed by atoms with E-state index in [1.54, 1.807) is 0 Å². The van der Waals surface area contributed by atoms with Crippen molar-refractivity contribution in [3.63, 3.8) is 0 Å². The van der Waals surface area contributed by atoms with Crippen molar-refractivity contribution >= 4 is 21.9 Å². The maximum absolute atomic E-state index is 11.9. The molecule has 0 spiro atoms. The molecule has 0 radical (unpaired) electrons. The Kier molecular flexibility index (Phi) is 8.53. The molecule has 1 unspecified atom stereocenters. The van der Waals surface area contributed by atoms with Gasteiger partial charge in [-0.15, -0.1) is 5.69 Å². The molecule has 1 aromatic rings. The van der Waals surface area contributed by atoms with E-state index in [0.717, 1.165) is 38.3 Å². The Labute approximate surface area is 179 Å². The molecule has 29 heavy (non-hydrogen) atoms. The summed E-state index contributed by atoms with van der Waals surface area (Å²) >= 11 is 0. The van der Waals surface area contributed by atoms with Gasteiger partial charge in [-0.25, -0.2) is 0 Å². The van der Waals surface area contributed by atoms with E-state index in [4.69, 9.17) is 5.69 Å². The maximum atomic E-state index is 11.9. The van der Waals surface area contributed by atoms with Gasteiger partial charge in [0.2, 0.25) is 5.91 Å². The zero-order chi connectivity index (χ0) is 20.6. The van der Waals surface area contributed by atoms with Crippen LogP contribution in [-0.4, -0.2) is 61.6 Å². The first-order chi connectivity index (χ1) is 14.0. The Morgan fingerprint density at radius 1 is 1.17 bits per heavy atom. The van der Waals surface area contributed by atoms with E-state index < -0.39 is 10.3 Å². The van der Waals surface area contributed by atoms with Crippen LogP contribution in [0.4, 0.5) is 5.69 Å². The van der Waals surface area contributed by atoms with Crippen molar-refractivity contribution in [2.45, 2.75) is 51.5 Å². The molecule has 0 bridgehead atoms. The molecule has 2 aliphatic rings. The van der Waals surface area contributed by atoms with E-state index in [1.807, 2.05) is 6.26 Å². The third-order valence-electron chi connectivity index (χ3n) is 6.51. The Bertz CT molecular complexity index is 725. The molecule has 1 saturated heterocycles. The first-order valence-electron chi connectivity index (χ1n) is 11.3. The number of thiol groups is 1. The molecule has 3 rings (SSSR count). The van der Waals surface area contributed by atoms with Crippen LogP contribution in [0.2, 0.25) is 0 Å². The van der Waals surface area contributed by atoms with Gasteiger partial charge in [-0.3, -0.25) is 9.69 Å². The summed E-state index contributed by atoms with van der Waals surface area (Å²) in [6, 6.07) is 9.38. The van der Waals surface area contributed by atoms with Crippen LogP contribution in [0.3, 0.4) is 0 Å². The van der Waals surface area contributed by atoms with Gasteiger partial charge in [0.1, 0.15) is 0 Å². The molecular weight excluding hydrogens is 378 g/mol. The summed E-state index contributed by atoms with van der Waals surface area (Å²) in [6.45, 7) is 8.04. The second kappa shape index (κ2) is 11.1. The number of carbonyl (C=O) groups excluding carboxylic acids is 1. The summed E-state index contributed by atoms with van der Waals surface area (Å²) in [5.74, 6) is 1.47. The topological polar surface area (TPSA) is 35.6 Å². The van der Waals surface area contributed by atoms with Gasteiger partial charge >= 0.3 is 0 Å². The second-order valence-corrected chi connectivity index (χ2v) is 10.7. The molecule has 1 amide bonds. The lowest BCUT2D eigenvalue weighted by atomic mass is 9.84. The first kappa shape index (κ1) is 22.3.